The molecule has 0 radical (unpaired) electrons. The molecule has 0 unspecified atom stereocenters. The van der Waals surface area contributed by atoms with Gasteiger partial charge in [0, 0.05) is 24.4 Å². The highest BCUT2D eigenvalue weighted by molar-refractivity contribution is 5.95. The van der Waals surface area contributed by atoms with Gasteiger partial charge in [0.25, 0.3) is 0 Å². The maximum atomic E-state index is 12.0. The Labute approximate surface area is 172 Å². The quantitative estimate of drug-likeness (QED) is 0.508. The van der Waals surface area contributed by atoms with E-state index in [2.05, 4.69) is 30.4 Å². The van der Waals surface area contributed by atoms with Crippen LogP contribution in [-0.4, -0.2) is 39.4 Å². The second kappa shape index (κ2) is 10.7. The van der Waals surface area contributed by atoms with Crippen molar-refractivity contribution in [2.24, 2.45) is 0 Å². The van der Waals surface area contributed by atoms with Gasteiger partial charge in [-0.15, -0.1) is 0 Å². The number of esters is 1. The van der Waals surface area contributed by atoms with E-state index in [1.807, 2.05) is 30.3 Å². The molecule has 0 atom stereocenters. The molecule has 0 aliphatic carbocycles. The summed E-state index contributed by atoms with van der Waals surface area (Å²) in [4.78, 5) is 12.0. The van der Waals surface area contributed by atoms with E-state index in [9.17, 15) is 4.79 Å². The van der Waals surface area contributed by atoms with Gasteiger partial charge in [-0.25, -0.2) is 4.79 Å². The Morgan fingerprint density at radius 1 is 1.03 bits per heavy atom. The van der Waals surface area contributed by atoms with Crippen molar-refractivity contribution in [2.45, 2.75) is 26.2 Å². The third kappa shape index (κ3) is 5.84. The zero-order valence-corrected chi connectivity index (χ0v) is 17.2. The van der Waals surface area contributed by atoms with E-state index in [4.69, 9.17) is 14.2 Å². The van der Waals surface area contributed by atoms with Crippen LogP contribution in [0.5, 0.6) is 5.75 Å². The number of hydrogen-bond donors (Lipinski definition) is 1. The lowest BCUT2D eigenvalue weighted by molar-refractivity contribution is -0.136. The van der Waals surface area contributed by atoms with E-state index in [0.717, 1.165) is 54.1 Å². The van der Waals surface area contributed by atoms with Crippen LogP contribution in [0.4, 0.5) is 5.69 Å². The Hall–Kier alpha value is -2.79. The number of hydrogen-bond acceptors (Lipinski definition) is 5. The first-order valence-electron chi connectivity index (χ1n) is 10.2. The number of fused-ring (bicyclic) bond motifs is 1. The van der Waals surface area contributed by atoms with E-state index >= 15 is 0 Å². The van der Waals surface area contributed by atoms with Gasteiger partial charge in [-0.2, -0.15) is 0 Å². The first-order chi connectivity index (χ1) is 14.2. The van der Waals surface area contributed by atoms with Gasteiger partial charge in [0.15, 0.2) is 0 Å². The van der Waals surface area contributed by atoms with Crippen LogP contribution >= 0.6 is 0 Å². The molecule has 3 rings (SSSR count). The zero-order valence-electron chi connectivity index (χ0n) is 17.2. The summed E-state index contributed by atoms with van der Waals surface area (Å²) in [6.07, 6.45) is 4.55. The number of methoxy groups -OCH3 is 1. The number of nitrogens with one attached hydrogen (secondary N) is 1. The van der Waals surface area contributed by atoms with Crippen molar-refractivity contribution in [3.8, 4) is 16.9 Å². The van der Waals surface area contributed by atoms with Crippen molar-refractivity contribution in [2.75, 3.05) is 38.8 Å². The molecular formula is C24H29NO4. The molecule has 0 saturated heterocycles. The number of rotatable bonds is 8. The van der Waals surface area contributed by atoms with Crippen LogP contribution in [-0.2, 0) is 14.3 Å². The Morgan fingerprint density at radius 3 is 2.59 bits per heavy atom. The average Bonchev–Trinajstić information content (AvgIpc) is 2.74. The summed E-state index contributed by atoms with van der Waals surface area (Å²) in [5.74, 6) is 0.572. The molecule has 0 fully saturated rings. The molecule has 2 aromatic rings. The second-order valence-electron chi connectivity index (χ2n) is 6.98. The second-order valence-corrected chi connectivity index (χ2v) is 6.98. The predicted octanol–water partition coefficient (Wildman–Crippen LogP) is 4.92. The van der Waals surface area contributed by atoms with Crippen molar-refractivity contribution in [1.29, 1.82) is 0 Å². The molecule has 0 spiro atoms. The smallest absolute Gasteiger partial charge is 0.333 e. The summed E-state index contributed by atoms with van der Waals surface area (Å²) >= 11 is 0. The number of benzene rings is 2. The van der Waals surface area contributed by atoms with Crippen LogP contribution in [0.2, 0.25) is 0 Å². The summed E-state index contributed by atoms with van der Waals surface area (Å²) < 4.78 is 16.1. The van der Waals surface area contributed by atoms with Gasteiger partial charge in [0.1, 0.15) is 12.4 Å². The van der Waals surface area contributed by atoms with Gasteiger partial charge in [-0.05, 0) is 66.3 Å². The summed E-state index contributed by atoms with van der Waals surface area (Å²) in [6.45, 7) is 4.83. The third-order valence-corrected chi connectivity index (χ3v) is 4.80. The maximum Gasteiger partial charge on any atom is 0.333 e. The number of anilines is 1. The van der Waals surface area contributed by atoms with E-state index < -0.39 is 0 Å². The predicted molar refractivity (Wildman–Crippen MR) is 116 cm³/mol. The third-order valence-electron chi connectivity index (χ3n) is 4.80. The normalized spacial score (nSPS) is 13.4. The minimum absolute atomic E-state index is 0.257. The number of carbonyl (C=O) groups is 1. The van der Waals surface area contributed by atoms with Crippen molar-refractivity contribution < 1.29 is 19.0 Å². The molecule has 1 N–H and O–H groups in total. The molecule has 5 heteroatoms. The highest BCUT2D eigenvalue weighted by Gasteiger charge is 2.14. The van der Waals surface area contributed by atoms with Gasteiger partial charge in [0.05, 0.1) is 13.7 Å². The summed E-state index contributed by atoms with van der Waals surface area (Å²) in [6, 6.07) is 14.3. The van der Waals surface area contributed by atoms with Crippen LogP contribution in [0.25, 0.3) is 17.2 Å². The van der Waals surface area contributed by atoms with Crippen molar-refractivity contribution in [3.63, 3.8) is 0 Å². The van der Waals surface area contributed by atoms with E-state index in [1.54, 1.807) is 0 Å². The average molecular weight is 395 g/mol. The fraction of sp³-hybridized carbons (Fsp3) is 0.375. The van der Waals surface area contributed by atoms with Crippen LogP contribution in [0.15, 0.2) is 48.0 Å². The number of ether oxygens (including phenoxy) is 3. The standard InChI is InChI=1S/C24H29NO4/c1-3-13-28-14-15-29-22-9-6-18(7-10-22)19-8-11-23-21(16-19)17-20(24(26)27-2)5-4-12-25-23/h6-11,16-17,25H,3-5,12-15H2,1-2H3. The summed E-state index contributed by atoms with van der Waals surface area (Å²) in [5.41, 5.74) is 4.92. The van der Waals surface area contributed by atoms with E-state index in [-0.39, 0.29) is 5.97 Å². The lowest BCUT2D eigenvalue weighted by Gasteiger charge is -2.16. The first-order valence-corrected chi connectivity index (χ1v) is 10.2. The lowest BCUT2D eigenvalue weighted by atomic mass is 9.98. The Bertz CT molecular complexity index is 842. The first kappa shape index (κ1) is 20.9. The van der Waals surface area contributed by atoms with Gasteiger partial charge < -0.3 is 19.5 Å². The molecule has 1 aliphatic heterocycles. The molecule has 0 amide bonds. The number of carbonyl (C=O) groups excluding carboxylic acids is 1. The SMILES string of the molecule is CCCOCCOc1ccc(-c2ccc3c(c2)C=C(C(=O)OC)CCCN3)cc1. The molecule has 0 bridgehead atoms. The fourth-order valence-corrected chi connectivity index (χ4v) is 3.29. The monoisotopic (exact) mass is 395 g/mol. The van der Waals surface area contributed by atoms with Gasteiger partial charge in [0.2, 0.25) is 0 Å². The van der Waals surface area contributed by atoms with E-state index in [1.165, 1.54) is 7.11 Å². The van der Waals surface area contributed by atoms with Gasteiger partial charge in [-0.1, -0.05) is 25.1 Å². The molecule has 1 heterocycles. The minimum Gasteiger partial charge on any atom is -0.491 e. The Kier molecular flexibility index (Phi) is 7.70. The minimum atomic E-state index is -0.257. The topological polar surface area (TPSA) is 56.8 Å². The van der Waals surface area contributed by atoms with Crippen LogP contribution in [0, 0.1) is 0 Å². The molecular weight excluding hydrogens is 366 g/mol. The molecule has 0 saturated carbocycles. The summed E-state index contributed by atoms with van der Waals surface area (Å²) in [7, 11) is 1.43. The molecule has 5 nitrogen and oxygen atoms in total. The maximum absolute atomic E-state index is 12.0. The molecule has 1 aliphatic rings. The van der Waals surface area contributed by atoms with Crippen molar-refractivity contribution in [1.82, 2.24) is 0 Å². The summed E-state index contributed by atoms with van der Waals surface area (Å²) in [5, 5.41) is 3.44. The van der Waals surface area contributed by atoms with Gasteiger partial charge in [-0.3, -0.25) is 0 Å². The fourth-order valence-electron chi connectivity index (χ4n) is 3.29. The molecule has 29 heavy (non-hydrogen) atoms. The van der Waals surface area contributed by atoms with Crippen molar-refractivity contribution in [3.05, 3.63) is 53.6 Å². The van der Waals surface area contributed by atoms with Gasteiger partial charge >= 0.3 is 5.97 Å². The molecule has 2 aromatic carbocycles. The van der Waals surface area contributed by atoms with E-state index in [0.29, 0.717) is 25.2 Å². The highest BCUT2D eigenvalue weighted by atomic mass is 16.5. The molecule has 154 valence electrons. The Balaban J connectivity index is 1.75. The van der Waals surface area contributed by atoms with Crippen LogP contribution < -0.4 is 10.1 Å². The van der Waals surface area contributed by atoms with Crippen LogP contribution in [0.3, 0.4) is 0 Å². The van der Waals surface area contributed by atoms with Crippen molar-refractivity contribution >= 4 is 17.7 Å². The zero-order chi connectivity index (χ0) is 20.5. The lowest BCUT2D eigenvalue weighted by Crippen LogP contribution is -2.11. The molecule has 0 aromatic heterocycles. The Morgan fingerprint density at radius 2 is 1.83 bits per heavy atom. The largest absolute Gasteiger partial charge is 0.491 e. The highest BCUT2D eigenvalue weighted by Crippen LogP contribution is 2.30. The van der Waals surface area contributed by atoms with Crippen LogP contribution in [0.1, 0.15) is 31.7 Å².